The Morgan fingerprint density at radius 3 is 2.60 bits per heavy atom. The minimum Gasteiger partial charge on any atom is -0.473 e. The molecule has 3 aromatic rings. The van der Waals surface area contributed by atoms with E-state index < -0.39 is 27.7 Å². The number of aromatic nitrogens is 1. The van der Waals surface area contributed by atoms with Crippen molar-refractivity contribution in [2.24, 2.45) is 0 Å². The maximum absolute atomic E-state index is 14.2. The van der Waals surface area contributed by atoms with Crippen molar-refractivity contribution in [3.8, 4) is 5.75 Å². The highest BCUT2D eigenvalue weighted by Gasteiger charge is 2.37. The molecule has 1 aliphatic rings. The van der Waals surface area contributed by atoms with Gasteiger partial charge < -0.3 is 4.74 Å². The fourth-order valence-electron chi connectivity index (χ4n) is 2.80. The Morgan fingerprint density at radius 1 is 1.27 bits per heavy atom. The van der Waals surface area contributed by atoms with E-state index in [2.05, 4.69) is 16.5 Å². The number of halogens is 2. The molecule has 1 atom stereocenters. The smallest absolute Gasteiger partial charge is 0.271 e. The summed E-state index contributed by atoms with van der Waals surface area (Å²) in [7, 11) is -3.37. The van der Waals surface area contributed by atoms with Gasteiger partial charge in [0.25, 0.3) is 5.91 Å². The van der Waals surface area contributed by atoms with Gasteiger partial charge in [-0.15, -0.1) is 11.3 Å². The number of hydrogen-bond donors (Lipinski definition) is 1. The molecule has 1 aliphatic carbocycles. The lowest BCUT2D eigenvalue weighted by Crippen LogP contribution is -2.26. The van der Waals surface area contributed by atoms with E-state index >= 15 is 0 Å². The van der Waals surface area contributed by atoms with Crippen LogP contribution in [0.25, 0.3) is 0 Å². The number of sulfone groups is 1. The number of rotatable bonds is 7. The van der Waals surface area contributed by atoms with E-state index in [9.17, 15) is 17.6 Å². The van der Waals surface area contributed by atoms with Gasteiger partial charge in [0.05, 0.1) is 10.1 Å². The van der Waals surface area contributed by atoms with Gasteiger partial charge >= 0.3 is 0 Å². The van der Waals surface area contributed by atoms with Gasteiger partial charge in [0, 0.05) is 16.0 Å². The van der Waals surface area contributed by atoms with Gasteiger partial charge in [0.1, 0.15) is 6.20 Å². The van der Waals surface area contributed by atoms with Gasteiger partial charge in [-0.2, -0.15) is 0 Å². The summed E-state index contributed by atoms with van der Waals surface area (Å²) in [6, 6.07) is 9.68. The van der Waals surface area contributed by atoms with E-state index in [1.807, 2.05) is 0 Å². The number of nitrogens with zero attached hydrogens (tertiary/aromatic N) is 1. The average Bonchev–Trinajstić information content (AvgIpc) is 3.46. The molecule has 1 heterocycles. The van der Waals surface area contributed by atoms with Crippen LogP contribution in [0.5, 0.6) is 5.75 Å². The van der Waals surface area contributed by atoms with Crippen LogP contribution in [-0.4, -0.2) is 24.6 Å². The topological polar surface area (TPSA) is 85.4 Å². The number of nitrogens with one attached hydrogen (secondary N) is 1. The molecule has 6 nitrogen and oxygen atoms in total. The lowest BCUT2D eigenvalue weighted by Gasteiger charge is -2.19. The molecule has 1 unspecified atom stereocenters. The predicted molar refractivity (Wildman–Crippen MR) is 111 cm³/mol. The number of amides is 1. The molecular formula is C20H15ClFN2O4S2. The molecule has 1 N–H and O–H groups in total. The number of carbonyl (C=O) groups is 1. The molecule has 1 radical (unpaired) electrons. The highest BCUT2D eigenvalue weighted by molar-refractivity contribution is 7.92. The fraction of sp³-hybridized carbons (Fsp3) is 0.200. The maximum Gasteiger partial charge on any atom is 0.271 e. The SMILES string of the molecule is O=C(Nc1n[c]cs1)C(Oc1ccc(Cl)cc1F)c1ccc(S(=O)(=O)C2CC2)cc1. The first kappa shape index (κ1) is 20.8. The highest BCUT2D eigenvalue weighted by atomic mass is 35.5. The van der Waals surface area contributed by atoms with E-state index in [-0.39, 0.29) is 20.9 Å². The predicted octanol–water partition coefficient (Wildman–Crippen LogP) is 4.43. The standard InChI is InChI=1S/C20H15ClFN2O4S2/c21-13-3-8-17(16(22)11-13)28-18(19(25)24-20-23-9-10-29-20)12-1-4-14(5-2-12)30(26,27)15-6-7-15/h1-5,8,10-11,15,18H,6-7H2,(H,23,24,25). The van der Waals surface area contributed by atoms with Crippen molar-refractivity contribution >= 4 is 43.8 Å². The number of hydrogen-bond acceptors (Lipinski definition) is 6. The van der Waals surface area contributed by atoms with Gasteiger partial charge in [-0.1, -0.05) is 23.7 Å². The molecule has 30 heavy (non-hydrogen) atoms. The van der Waals surface area contributed by atoms with Crippen molar-refractivity contribution in [2.75, 3.05) is 5.32 Å². The zero-order valence-corrected chi connectivity index (χ0v) is 17.7. The number of benzene rings is 2. The monoisotopic (exact) mass is 465 g/mol. The average molecular weight is 466 g/mol. The number of carbonyl (C=O) groups excluding carboxylic acids is 1. The summed E-state index contributed by atoms with van der Waals surface area (Å²) in [6.45, 7) is 0. The second-order valence-corrected chi connectivity index (χ2v) is 10.2. The van der Waals surface area contributed by atoms with Crippen LogP contribution in [0.3, 0.4) is 0 Å². The van der Waals surface area contributed by atoms with Crippen LogP contribution in [0.15, 0.2) is 52.7 Å². The first-order valence-corrected chi connectivity index (χ1v) is 11.7. The normalized spacial score (nSPS) is 14.9. The van der Waals surface area contributed by atoms with E-state index in [0.717, 1.165) is 6.07 Å². The summed E-state index contributed by atoms with van der Waals surface area (Å²) in [5, 5.41) is 4.31. The Kier molecular flexibility index (Phi) is 5.77. The van der Waals surface area contributed by atoms with Crippen molar-refractivity contribution < 1.29 is 22.3 Å². The molecular weight excluding hydrogens is 451 g/mol. The molecule has 155 valence electrons. The van der Waals surface area contributed by atoms with Crippen LogP contribution >= 0.6 is 22.9 Å². The Labute approximate surface area is 181 Å². The summed E-state index contributed by atoms with van der Waals surface area (Å²) in [5.74, 6) is -1.48. The molecule has 10 heteroatoms. The lowest BCUT2D eigenvalue weighted by atomic mass is 10.1. The van der Waals surface area contributed by atoms with Gasteiger partial charge in [-0.25, -0.2) is 17.8 Å². The summed E-state index contributed by atoms with van der Waals surface area (Å²) in [5.41, 5.74) is 0.358. The van der Waals surface area contributed by atoms with Crippen LogP contribution in [0.2, 0.25) is 5.02 Å². The molecule has 1 saturated carbocycles. The molecule has 0 spiro atoms. The highest BCUT2D eigenvalue weighted by Crippen LogP contribution is 2.34. The molecule has 0 bridgehead atoms. The second kappa shape index (κ2) is 8.33. The van der Waals surface area contributed by atoms with Crippen LogP contribution in [-0.2, 0) is 14.6 Å². The summed E-state index contributed by atoms with van der Waals surface area (Å²) < 4.78 is 44.7. The van der Waals surface area contributed by atoms with E-state index in [0.29, 0.717) is 23.5 Å². The second-order valence-electron chi connectivity index (χ2n) is 6.66. The van der Waals surface area contributed by atoms with Crippen LogP contribution in [0.1, 0.15) is 24.5 Å². The summed E-state index contributed by atoms with van der Waals surface area (Å²) in [6.07, 6.45) is 2.65. The Morgan fingerprint density at radius 2 is 2.00 bits per heavy atom. The van der Waals surface area contributed by atoms with Crippen LogP contribution < -0.4 is 10.1 Å². The van der Waals surface area contributed by atoms with Crippen molar-refractivity contribution in [3.63, 3.8) is 0 Å². The van der Waals surface area contributed by atoms with E-state index in [1.54, 1.807) is 5.38 Å². The third-order valence-electron chi connectivity index (χ3n) is 4.47. The zero-order valence-electron chi connectivity index (χ0n) is 15.3. The van der Waals surface area contributed by atoms with Gasteiger partial charge in [0.15, 0.2) is 26.5 Å². The van der Waals surface area contributed by atoms with Crippen LogP contribution in [0.4, 0.5) is 9.52 Å². The van der Waals surface area contributed by atoms with Crippen molar-refractivity contribution in [1.29, 1.82) is 0 Å². The quantitative estimate of drug-likeness (QED) is 0.558. The third kappa shape index (κ3) is 4.48. The molecule has 1 fully saturated rings. The fourth-order valence-corrected chi connectivity index (χ4v) is 5.09. The van der Waals surface area contributed by atoms with Gasteiger partial charge in [0.2, 0.25) is 6.10 Å². The molecule has 1 aromatic heterocycles. The van der Waals surface area contributed by atoms with E-state index in [1.165, 1.54) is 47.7 Å². The molecule has 0 aliphatic heterocycles. The minimum absolute atomic E-state index is 0.167. The Bertz CT molecular complexity index is 1160. The van der Waals surface area contributed by atoms with Gasteiger partial charge in [-0.05, 0) is 43.2 Å². The molecule has 1 amide bonds. The first-order chi connectivity index (χ1) is 14.3. The minimum atomic E-state index is -3.37. The Hall–Kier alpha value is -2.49. The van der Waals surface area contributed by atoms with Crippen molar-refractivity contribution in [2.45, 2.75) is 29.1 Å². The molecule has 4 rings (SSSR count). The summed E-state index contributed by atoms with van der Waals surface area (Å²) in [4.78, 5) is 16.9. The molecule has 2 aromatic carbocycles. The third-order valence-corrected chi connectivity index (χ3v) is 7.62. The number of ether oxygens (including phenoxy) is 1. The van der Waals surface area contributed by atoms with Crippen molar-refractivity contribution in [3.05, 3.63) is 70.4 Å². The van der Waals surface area contributed by atoms with Crippen LogP contribution in [0, 0.1) is 12.0 Å². The van der Waals surface area contributed by atoms with E-state index in [4.69, 9.17) is 16.3 Å². The number of anilines is 1. The van der Waals surface area contributed by atoms with Gasteiger partial charge in [-0.3, -0.25) is 10.1 Å². The number of thiazole rings is 1. The zero-order chi connectivity index (χ0) is 21.3. The maximum atomic E-state index is 14.2. The molecule has 0 saturated heterocycles. The van der Waals surface area contributed by atoms with Crippen molar-refractivity contribution in [1.82, 2.24) is 4.98 Å². The first-order valence-electron chi connectivity index (χ1n) is 8.92. The largest absolute Gasteiger partial charge is 0.473 e. The Balaban J connectivity index is 1.64. The summed E-state index contributed by atoms with van der Waals surface area (Å²) >= 11 is 6.94. The lowest BCUT2D eigenvalue weighted by molar-refractivity contribution is -0.123.